The van der Waals surface area contributed by atoms with Crippen LogP contribution in [0.15, 0.2) is 29.4 Å². The molecule has 1 aliphatic rings. The zero-order valence-corrected chi connectivity index (χ0v) is 13.4. The van der Waals surface area contributed by atoms with E-state index in [1.165, 1.54) is 33.0 Å². The van der Waals surface area contributed by atoms with E-state index in [4.69, 9.17) is 5.11 Å². The van der Waals surface area contributed by atoms with Crippen molar-refractivity contribution in [1.82, 2.24) is 15.8 Å². The lowest BCUT2D eigenvalue weighted by molar-refractivity contribution is -0.138. The average molecular weight is 334 g/mol. The molecule has 9 heteroatoms. The first-order valence-electron chi connectivity index (χ1n) is 7.13. The molecule has 0 fully saturated rings. The number of rotatable bonds is 5. The number of hydrazone groups is 1. The van der Waals surface area contributed by atoms with E-state index in [0.717, 1.165) is 5.01 Å². The van der Waals surface area contributed by atoms with Gasteiger partial charge in [0.25, 0.3) is 11.8 Å². The van der Waals surface area contributed by atoms with Gasteiger partial charge in [-0.25, -0.2) is 5.01 Å². The number of likely N-dealkylation sites (N-methyl/N-ethyl adjacent to an activating group) is 1. The van der Waals surface area contributed by atoms with Gasteiger partial charge in [0.1, 0.15) is 6.04 Å². The van der Waals surface area contributed by atoms with Crippen LogP contribution in [0.3, 0.4) is 0 Å². The number of carbonyl (C=O) groups is 3. The molecule has 2 unspecified atom stereocenters. The quantitative estimate of drug-likeness (QED) is 0.552. The van der Waals surface area contributed by atoms with E-state index >= 15 is 0 Å². The summed E-state index contributed by atoms with van der Waals surface area (Å²) in [5.41, 5.74) is 1.72. The van der Waals surface area contributed by atoms with Crippen LogP contribution in [0.2, 0.25) is 0 Å². The van der Waals surface area contributed by atoms with E-state index < -0.39 is 29.4 Å². The first-order valence-corrected chi connectivity index (χ1v) is 7.13. The fraction of sp³-hybridized carbons (Fsp3) is 0.333. The number of nitrogens with one attached hydrogen (secondary N) is 2. The molecule has 0 aromatic heterocycles. The highest BCUT2D eigenvalue weighted by Crippen LogP contribution is 2.23. The molecule has 9 nitrogen and oxygen atoms in total. The summed E-state index contributed by atoms with van der Waals surface area (Å²) < 4.78 is 0. The molecular weight excluding hydrogens is 316 g/mol. The van der Waals surface area contributed by atoms with Gasteiger partial charge < -0.3 is 15.6 Å². The lowest BCUT2D eigenvalue weighted by Gasteiger charge is -2.21. The third kappa shape index (κ3) is 2.99. The largest absolute Gasteiger partial charge is 0.480 e. The summed E-state index contributed by atoms with van der Waals surface area (Å²) in [6.45, 7) is 2.86. The molecule has 0 saturated carbocycles. The number of benzene rings is 1. The highest BCUT2D eigenvalue weighted by atomic mass is 16.5. The van der Waals surface area contributed by atoms with Crippen LogP contribution in [0.5, 0.6) is 0 Å². The predicted octanol–water partition coefficient (Wildman–Crippen LogP) is -0.197. The van der Waals surface area contributed by atoms with Crippen LogP contribution >= 0.6 is 0 Å². The van der Waals surface area contributed by atoms with Gasteiger partial charge in [0, 0.05) is 18.2 Å². The molecule has 2 rings (SSSR count). The van der Waals surface area contributed by atoms with Crippen LogP contribution < -0.4 is 10.8 Å². The maximum atomic E-state index is 12.1. The van der Waals surface area contributed by atoms with Gasteiger partial charge in [-0.05, 0) is 26.0 Å². The Labute approximate surface area is 137 Å². The number of hydrogen-bond acceptors (Lipinski definition) is 6. The maximum absolute atomic E-state index is 12.1. The Bertz CT molecular complexity index is 715. The Kier molecular flexibility index (Phi) is 4.67. The second-order valence-corrected chi connectivity index (χ2v) is 5.62. The lowest BCUT2D eigenvalue weighted by atomic mass is 9.91. The van der Waals surface area contributed by atoms with Crippen molar-refractivity contribution in [2.75, 3.05) is 7.05 Å². The first-order chi connectivity index (χ1) is 11.2. The van der Waals surface area contributed by atoms with Gasteiger partial charge in [-0.1, -0.05) is 12.1 Å². The molecule has 2 atom stereocenters. The number of hydrogen-bond donors (Lipinski definition) is 4. The number of aliphatic carboxylic acids is 1. The topological polar surface area (TPSA) is 131 Å². The molecule has 4 N–H and O–H groups in total. The van der Waals surface area contributed by atoms with Crippen molar-refractivity contribution in [3.05, 3.63) is 35.4 Å². The Morgan fingerprint density at radius 2 is 1.88 bits per heavy atom. The summed E-state index contributed by atoms with van der Waals surface area (Å²) in [6, 6.07) is 5.11. The molecule has 1 aliphatic heterocycles. The summed E-state index contributed by atoms with van der Waals surface area (Å²) in [7, 11) is 1.47. The lowest BCUT2D eigenvalue weighted by Crippen LogP contribution is -2.53. The minimum Gasteiger partial charge on any atom is -0.480 e. The molecular formula is C15H18N4O5. The van der Waals surface area contributed by atoms with Crippen LogP contribution in [0.4, 0.5) is 0 Å². The van der Waals surface area contributed by atoms with E-state index in [-0.39, 0.29) is 5.56 Å². The number of carboxylic acid groups (broad SMARTS) is 1. The monoisotopic (exact) mass is 334 g/mol. The van der Waals surface area contributed by atoms with E-state index in [1.54, 1.807) is 12.1 Å². The number of nitrogens with zero attached hydrogens (tertiary/aromatic N) is 2. The molecule has 0 radical (unpaired) electrons. The number of carboxylic acids is 1. The summed E-state index contributed by atoms with van der Waals surface area (Å²) in [4.78, 5) is 34.8. The third-order valence-corrected chi connectivity index (χ3v) is 3.81. The van der Waals surface area contributed by atoms with Crippen molar-refractivity contribution in [2.24, 2.45) is 5.10 Å². The fourth-order valence-electron chi connectivity index (χ4n) is 2.29. The van der Waals surface area contributed by atoms with Crippen molar-refractivity contribution in [1.29, 1.82) is 0 Å². The third-order valence-electron chi connectivity index (χ3n) is 3.81. The van der Waals surface area contributed by atoms with Gasteiger partial charge in [-0.3, -0.25) is 14.4 Å². The molecule has 0 saturated heterocycles. The van der Waals surface area contributed by atoms with E-state index in [0.29, 0.717) is 11.3 Å². The zero-order valence-electron chi connectivity index (χ0n) is 13.4. The summed E-state index contributed by atoms with van der Waals surface area (Å²) in [5.74, 6) is -2.08. The summed E-state index contributed by atoms with van der Waals surface area (Å²) in [5, 5.41) is 25.7. The van der Waals surface area contributed by atoms with Crippen molar-refractivity contribution < 1.29 is 24.7 Å². The molecule has 128 valence electrons. The number of carbonyl (C=O) groups excluding carboxylic acids is 2. The van der Waals surface area contributed by atoms with Crippen LogP contribution in [-0.2, 0) is 9.59 Å². The van der Waals surface area contributed by atoms with Gasteiger partial charge in [0.15, 0.2) is 5.54 Å². The fourth-order valence-corrected chi connectivity index (χ4v) is 2.29. The number of amides is 2. The minimum absolute atomic E-state index is 0.267. The first kappa shape index (κ1) is 17.6. The molecule has 1 aromatic rings. The van der Waals surface area contributed by atoms with E-state index in [9.17, 15) is 19.6 Å². The van der Waals surface area contributed by atoms with Crippen LogP contribution in [-0.4, -0.2) is 57.4 Å². The molecule has 1 aromatic carbocycles. The van der Waals surface area contributed by atoms with Gasteiger partial charge in [0.2, 0.25) is 0 Å². The molecule has 0 bridgehead atoms. The van der Waals surface area contributed by atoms with Gasteiger partial charge in [-0.15, -0.1) is 0 Å². The second kappa shape index (κ2) is 6.38. The SMILES string of the molecule is CC(NC(=O)c1ccc(C2=NN(C)C(=O)C2(C)NO)cc1)C(=O)O. The van der Waals surface area contributed by atoms with Crippen molar-refractivity contribution >= 4 is 23.5 Å². The Morgan fingerprint density at radius 3 is 2.38 bits per heavy atom. The van der Waals surface area contributed by atoms with Crippen LogP contribution in [0.25, 0.3) is 0 Å². The maximum Gasteiger partial charge on any atom is 0.325 e. The summed E-state index contributed by atoms with van der Waals surface area (Å²) >= 11 is 0. The molecule has 2 amide bonds. The molecule has 0 aliphatic carbocycles. The zero-order chi connectivity index (χ0) is 18.1. The number of hydroxylamine groups is 1. The van der Waals surface area contributed by atoms with Crippen LogP contribution in [0, 0.1) is 0 Å². The van der Waals surface area contributed by atoms with Crippen molar-refractivity contribution in [3.8, 4) is 0 Å². The molecule has 0 spiro atoms. The average Bonchev–Trinajstić information content (AvgIpc) is 2.79. The van der Waals surface area contributed by atoms with Gasteiger partial charge in [0.05, 0.1) is 5.71 Å². The predicted molar refractivity (Wildman–Crippen MR) is 83.6 cm³/mol. The Balaban J connectivity index is 2.24. The van der Waals surface area contributed by atoms with Crippen molar-refractivity contribution in [2.45, 2.75) is 25.4 Å². The summed E-state index contributed by atoms with van der Waals surface area (Å²) in [6.07, 6.45) is 0. The highest BCUT2D eigenvalue weighted by molar-refractivity contribution is 6.23. The highest BCUT2D eigenvalue weighted by Gasteiger charge is 2.46. The minimum atomic E-state index is -1.38. The normalized spacial score (nSPS) is 21.4. The smallest absolute Gasteiger partial charge is 0.325 e. The van der Waals surface area contributed by atoms with E-state index in [2.05, 4.69) is 10.4 Å². The Morgan fingerprint density at radius 1 is 1.29 bits per heavy atom. The molecule has 1 heterocycles. The Hall–Kier alpha value is -2.78. The second-order valence-electron chi connectivity index (χ2n) is 5.62. The molecule has 24 heavy (non-hydrogen) atoms. The van der Waals surface area contributed by atoms with Gasteiger partial charge in [-0.2, -0.15) is 10.6 Å². The van der Waals surface area contributed by atoms with Gasteiger partial charge >= 0.3 is 5.97 Å². The van der Waals surface area contributed by atoms with E-state index in [1.807, 2.05) is 5.48 Å². The van der Waals surface area contributed by atoms with Crippen LogP contribution in [0.1, 0.15) is 29.8 Å². The standard InChI is InChI=1S/C15H18N4O5/c1-8(13(21)22)16-12(20)10-6-4-9(5-7-10)11-15(2,18-24)14(23)19(3)17-11/h4-8,18,24H,1-3H3,(H,16,20)(H,21,22). The van der Waals surface area contributed by atoms with Crippen molar-refractivity contribution in [3.63, 3.8) is 0 Å².